The minimum atomic E-state index is -1.04. The van der Waals surface area contributed by atoms with Gasteiger partial charge in [-0.2, -0.15) is 0 Å². The van der Waals surface area contributed by atoms with Crippen LogP contribution in [0.3, 0.4) is 0 Å². The number of amides is 1. The molecule has 1 unspecified atom stereocenters. The Kier molecular flexibility index (Phi) is 16.0. The lowest BCUT2D eigenvalue weighted by atomic mass is 10.0. The van der Waals surface area contributed by atoms with E-state index < -0.39 is 12.4 Å². The van der Waals surface area contributed by atoms with Gasteiger partial charge in [0.05, 0.1) is 16.6 Å². The Morgan fingerprint density at radius 2 is 1.44 bits per heavy atom. The van der Waals surface area contributed by atoms with Crippen LogP contribution < -0.4 is 14.8 Å². The number of carbonyl (C=O) groups excluding carboxylic acids is 2. The number of nitrogens with zero attached hydrogens (tertiary/aromatic N) is 4. The van der Waals surface area contributed by atoms with E-state index in [1.54, 1.807) is 35.3 Å². The van der Waals surface area contributed by atoms with Gasteiger partial charge in [0.15, 0.2) is 0 Å². The number of likely N-dealkylation sites (N-methyl/N-ethyl adjacent to an activating group) is 1. The second-order valence-electron chi connectivity index (χ2n) is 13.4. The number of hydrogen-bond acceptors (Lipinski definition) is 8. The van der Waals surface area contributed by atoms with Gasteiger partial charge in [0.25, 0.3) is 0 Å². The first kappa shape index (κ1) is 38.2. The van der Waals surface area contributed by atoms with Crippen molar-refractivity contribution in [1.82, 2.24) is 9.80 Å². The SMILES string of the molecule is CCCCCCCCCCCCCCCCCC(=O)OC(C)OC(=O)N1C(N2CCN(C)CC2)=c2cc(C)sc2=Nc2ccc(Cl)cc21. The van der Waals surface area contributed by atoms with Crippen LogP contribution in [0.4, 0.5) is 16.2 Å². The van der Waals surface area contributed by atoms with Crippen molar-refractivity contribution in [2.24, 2.45) is 4.99 Å². The van der Waals surface area contributed by atoms with Gasteiger partial charge in [-0.15, -0.1) is 11.3 Å². The summed E-state index contributed by atoms with van der Waals surface area (Å²) < 4.78 is 12.2. The van der Waals surface area contributed by atoms with Gasteiger partial charge >= 0.3 is 12.1 Å². The molecule has 1 aromatic heterocycles. The lowest BCUT2D eigenvalue weighted by Crippen LogP contribution is -2.51. The minimum Gasteiger partial charge on any atom is -0.425 e. The minimum absolute atomic E-state index is 0.317. The molecule has 1 amide bonds. The fraction of sp³-hybridized carbons (Fsp3) is 0.658. The van der Waals surface area contributed by atoms with Gasteiger partial charge in [-0.25, -0.2) is 14.7 Å². The second-order valence-corrected chi connectivity index (χ2v) is 15.1. The maximum absolute atomic E-state index is 14.0. The lowest BCUT2D eigenvalue weighted by Gasteiger charge is -2.39. The van der Waals surface area contributed by atoms with E-state index in [4.69, 9.17) is 26.1 Å². The third kappa shape index (κ3) is 11.8. The van der Waals surface area contributed by atoms with Gasteiger partial charge in [0.2, 0.25) is 6.29 Å². The molecule has 1 atom stereocenters. The van der Waals surface area contributed by atoms with E-state index in [0.29, 0.717) is 28.6 Å². The topological polar surface area (TPSA) is 74.7 Å². The zero-order valence-corrected chi connectivity index (χ0v) is 31.3. The summed E-state index contributed by atoms with van der Waals surface area (Å²) in [5, 5.41) is 1.37. The Hall–Kier alpha value is -2.62. The molecule has 0 saturated carbocycles. The normalized spacial score (nSPS) is 15.4. The van der Waals surface area contributed by atoms with Gasteiger partial charge in [-0.05, 0) is 44.7 Å². The number of ether oxygens (including phenoxy) is 2. The molecule has 4 rings (SSSR count). The number of piperazine rings is 1. The average Bonchev–Trinajstić information content (AvgIpc) is 3.35. The standard InChI is InChI=1S/C38H57ClN4O4S/c1-5-6-7-8-9-10-11-12-13-14-15-16-17-18-19-20-35(44)46-30(3)47-38(45)43-34-28-31(39)21-22-33(34)40-36-32(27-29(2)48-36)37(43)42-25-23-41(4)24-26-42/h21-22,27-28,30H,5-20,23-26H2,1-4H3. The molecule has 0 spiro atoms. The molecular weight excluding hydrogens is 644 g/mol. The Morgan fingerprint density at radius 3 is 2.04 bits per heavy atom. The molecule has 3 heterocycles. The van der Waals surface area contributed by atoms with Crippen LogP contribution in [0.2, 0.25) is 5.02 Å². The maximum Gasteiger partial charge on any atom is 0.423 e. The summed E-state index contributed by atoms with van der Waals surface area (Å²) >= 11 is 8.05. The third-order valence-electron chi connectivity index (χ3n) is 9.22. The molecule has 2 aliphatic heterocycles. The van der Waals surface area contributed by atoms with Crippen molar-refractivity contribution in [3.63, 3.8) is 0 Å². The fourth-order valence-electron chi connectivity index (χ4n) is 6.48. The van der Waals surface area contributed by atoms with Crippen molar-refractivity contribution in [1.29, 1.82) is 0 Å². The highest BCUT2D eigenvalue weighted by Crippen LogP contribution is 2.36. The van der Waals surface area contributed by atoms with Crippen LogP contribution >= 0.6 is 22.9 Å². The summed E-state index contributed by atoms with van der Waals surface area (Å²) in [4.78, 5) is 38.8. The van der Waals surface area contributed by atoms with Crippen LogP contribution in [0.15, 0.2) is 29.3 Å². The van der Waals surface area contributed by atoms with E-state index in [9.17, 15) is 9.59 Å². The van der Waals surface area contributed by atoms with Crippen LogP contribution in [0, 0.1) is 6.92 Å². The molecule has 0 aliphatic carbocycles. The van der Waals surface area contributed by atoms with Crippen molar-refractivity contribution in [3.8, 4) is 0 Å². The van der Waals surface area contributed by atoms with Gasteiger partial charge in [0, 0.05) is 49.4 Å². The quantitative estimate of drug-likeness (QED) is 0.0827. The van der Waals surface area contributed by atoms with E-state index in [2.05, 4.69) is 29.8 Å². The van der Waals surface area contributed by atoms with Gasteiger partial charge in [0.1, 0.15) is 10.5 Å². The number of anilines is 1. The zero-order chi connectivity index (χ0) is 34.3. The number of aryl methyl sites for hydroxylation is 1. The smallest absolute Gasteiger partial charge is 0.423 e. The summed E-state index contributed by atoms with van der Waals surface area (Å²) in [5.74, 6) is 0.367. The summed E-state index contributed by atoms with van der Waals surface area (Å²) in [6.45, 7) is 9.11. The summed E-state index contributed by atoms with van der Waals surface area (Å²) in [6.07, 6.45) is 17.7. The van der Waals surface area contributed by atoms with Crippen LogP contribution in [0.1, 0.15) is 121 Å². The molecule has 2 aromatic rings. The Labute approximate surface area is 297 Å². The summed E-state index contributed by atoms with van der Waals surface area (Å²) in [6, 6.07) is 7.42. The molecule has 8 nitrogen and oxygen atoms in total. The number of benzene rings is 1. The van der Waals surface area contributed by atoms with Crippen LogP contribution in [0.25, 0.3) is 5.82 Å². The predicted molar refractivity (Wildman–Crippen MR) is 197 cm³/mol. The largest absolute Gasteiger partial charge is 0.425 e. The van der Waals surface area contributed by atoms with Crippen molar-refractivity contribution in [2.75, 3.05) is 38.1 Å². The molecule has 10 heteroatoms. The number of carbonyl (C=O) groups is 2. The maximum atomic E-state index is 14.0. The number of thiophene rings is 1. The summed E-state index contributed by atoms with van der Waals surface area (Å²) in [5.41, 5.74) is 1.17. The van der Waals surface area contributed by atoms with E-state index in [-0.39, 0.29) is 5.97 Å². The van der Waals surface area contributed by atoms with Gasteiger partial charge in [-0.1, -0.05) is 108 Å². The molecule has 0 bridgehead atoms. The molecular formula is C38H57ClN4O4S. The fourth-order valence-corrected chi connectivity index (χ4v) is 7.53. The molecule has 1 aromatic carbocycles. The first-order valence-corrected chi connectivity index (χ1v) is 19.6. The predicted octanol–water partition coefficient (Wildman–Crippen LogP) is 9.08. The molecule has 2 aliphatic rings. The first-order chi connectivity index (χ1) is 23.3. The Bertz CT molecular complexity index is 1440. The number of fused-ring (bicyclic) bond motifs is 2. The molecule has 1 saturated heterocycles. The van der Waals surface area contributed by atoms with Crippen molar-refractivity contribution < 1.29 is 19.1 Å². The monoisotopic (exact) mass is 700 g/mol. The van der Waals surface area contributed by atoms with Crippen molar-refractivity contribution in [2.45, 2.75) is 130 Å². The highest BCUT2D eigenvalue weighted by Gasteiger charge is 2.33. The summed E-state index contributed by atoms with van der Waals surface area (Å²) in [7, 11) is 2.10. The number of esters is 1. The molecule has 266 valence electrons. The number of hydrogen-bond donors (Lipinski definition) is 0. The Balaban J connectivity index is 1.25. The van der Waals surface area contributed by atoms with E-state index in [0.717, 1.165) is 60.2 Å². The van der Waals surface area contributed by atoms with E-state index in [1.807, 2.05) is 13.0 Å². The molecule has 0 N–H and O–H groups in total. The van der Waals surface area contributed by atoms with Crippen molar-refractivity contribution in [3.05, 3.63) is 44.1 Å². The third-order valence-corrected chi connectivity index (χ3v) is 10.4. The number of rotatable bonds is 19. The highest BCUT2D eigenvalue weighted by atomic mass is 35.5. The molecule has 0 radical (unpaired) electrons. The van der Waals surface area contributed by atoms with Gasteiger partial charge < -0.3 is 19.3 Å². The van der Waals surface area contributed by atoms with E-state index >= 15 is 0 Å². The van der Waals surface area contributed by atoms with Crippen LogP contribution in [-0.4, -0.2) is 61.4 Å². The molecule has 48 heavy (non-hydrogen) atoms. The van der Waals surface area contributed by atoms with Crippen LogP contribution in [0.5, 0.6) is 0 Å². The number of halogens is 1. The Morgan fingerprint density at radius 1 is 0.854 bits per heavy atom. The zero-order valence-electron chi connectivity index (χ0n) is 29.7. The molecule has 1 fully saturated rings. The van der Waals surface area contributed by atoms with Crippen molar-refractivity contribution >= 4 is 52.2 Å². The average molecular weight is 701 g/mol. The van der Waals surface area contributed by atoms with E-state index in [1.165, 1.54) is 77.0 Å². The van der Waals surface area contributed by atoms with Gasteiger partial charge in [-0.3, -0.25) is 4.79 Å². The lowest BCUT2D eigenvalue weighted by molar-refractivity contribution is -0.164. The number of unbranched alkanes of at least 4 members (excludes halogenated alkanes) is 14. The second kappa shape index (κ2) is 20.1. The highest BCUT2D eigenvalue weighted by molar-refractivity contribution is 7.09. The van der Waals surface area contributed by atoms with Crippen LogP contribution in [-0.2, 0) is 14.3 Å². The first-order valence-electron chi connectivity index (χ1n) is 18.4.